The number of hydrogen-bond acceptors (Lipinski definition) is 0. The minimum Gasteiger partial charge on any atom is -0.207 e. The topological polar surface area (TPSA) is 0 Å². The summed E-state index contributed by atoms with van der Waals surface area (Å²) in [5, 5.41) is 0.426. The third kappa shape index (κ3) is 2.27. The Morgan fingerprint density at radius 1 is 1.31 bits per heavy atom. The molecule has 72 valence electrons. The van der Waals surface area contributed by atoms with Crippen LogP contribution in [0.1, 0.15) is 24.5 Å². The van der Waals surface area contributed by atoms with Gasteiger partial charge in [-0.2, -0.15) is 0 Å². The molecule has 0 saturated heterocycles. The van der Waals surface area contributed by atoms with E-state index in [2.05, 4.69) is 15.9 Å². The van der Waals surface area contributed by atoms with E-state index in [9.17, 15) is 8.78 Å². The van der Waals surface area contributed by atoms with Crippen molar-refractivity contribution in [1.29, 1.82) is 0 Å². The molecule has 3 heteroatoms. The Labute approximate surface area is 85.1 Å². The average molecular weight is 249 g/mol. The van der Waals surface area contributed by atoms with Crippen LogP contribution >= 0.6 is 15.9 Å². The molecule has 0 heterocycles. The van der Waals surface area contributed by atoms with E-state index in [0.717, 1.165) is 6.42 Å². The predicted molar refractivity (Wildman–Crippen MR) is 53.0 cm³/mol. The summed E-state index contributed by atoms with van der Waals surface area (Å²) in [5.41, 5.74) is 0.726. The van der Waals surface area contributed by atoms with Gasteiger partial charge in [-0.3, -0.25) is 0 Å². The maximum atomic E-state index is 13.5. The first-order valence-electron chi connectivity index (χ1n) is 4.22. The van der Waals surface area contributed by atoms with Gasteiger partial charge in [-0.25, -0.2) is 8.78 Å². The fourth-order valence-electron chi connectivity index (χ4n) is 1.23. The fourth-order valence-corrected chi connectivity index (χ4v) is 1.66. The van der Waals surface area contributed by atoms with Crippen LogP contribution in [0.15, 0.2) is 12.1 Å². The van der Waals surface area contributed by atoms with E-state index < -0.39 is 11.6 Å². The summed E-state index contributed by atoms with van der Waals surface area (Å²) in [7, 11) is 0. The first kappa shape index (κ1) is 10.6. The summed E-state index contributed by atoms with van der Waals surface area (Å²) in [5.74, 6) is -0.845. The zero-order valence-electron chi connectivity index (χ0n) is 7.41. The molecule has 0 fully saturated rings. The third-order valence-electron chi connectivity index (χ3n) is 1.91. The van der Waals surface area contributed by atoms with Crippen LogP contribution in [0.4, 0.5) is 8.78 Å². The van der Waals surface area contributed by atoms with E-state index in [-0.39, 0.29) is 5.56 Å². The normalized spacial score (nSPS) is 10.5. The second-order valence-electron chi connectivity index (χ2n) is 2.88. The Balaban J connectivity index is 3.13. The van der Waals surface area contributed by atoms with Crippen molar-refractivity contribution >= 4 is 15.9 Å². The van der Waals surface area contributed by atoms with Gasteiger partial charge in [-0.1, -0.05) is 35.3 Å². The summed E-state index contributed by atoms with van der Waals surface area (Å²) < 4.78 is 26.5. The smallest absolute Gasteiger partial charge is 0.133 e. The number of alkyl halides is 1. The lowest BCUT2D eigenvalue weighted by Crippen LogP contribution is -1.98. The molecule has 1 rings (SSSR count). The standard InChI is InChI=1S/C10H11BrF2/c1-2-3-8-9(12)5-4-7(6-11)10(8)13/h4-5H,2-3,6H2,1H3. The van der Waals surface area contributed by atoms with Gasteiger partial charge in [0.2, 0.25) is 0 Å². The van der Waals surface area contributed by atoms with E-state index in [0.29, 0.717) is 17.3 Å². The molecule has 0 atom stereocenters. The monoisotopic (exact) mass is 248 g/mol. The molecule has 0 aromatic heterocycles. The number of hydrogen-bond donors (Lipinski definition) is 0. The molecule has 0 aliphatic rings. The van der Waals surface area contributed by atoms with E-state index in [4.69, 9.17) is 0 Å². The highest BCUT2D eigenvalue weighted by Gasteiger charge is 2.11. The van der Waals surface area contributed by atoms with Crippen molar-refractivity contribution in [2.45, 2.75) is 25.1 Å². The van der Waals surface area contributed by atoms with Crippen LogP contribution in [0, 0.1) is 11.6 Å². The van der Waals surface area contributed by atoms with E-state index in [1.807, 2.05) is 6.92 Å². The van der Waals surface area contributed by atoms with Gasteiger partial charge < -0.3 is 0 Å². The number of halogens is 3. The van der Waals surface area contributed by atoms with Crippen molar-refractivity contribution in [3.05, 3.63) is 34.9 Å². The summed E-state index contributed by atoms with van der Waals surface area (Å²) in [6, 6.07) is 2.79. The molecule has 1 aromatic carbocycles. The minimum atomic E-state index is -0.441. The van der Waals surface area contributed by atoms with Crippen molar-refractivity contribution in [2.75, 3.05) is 0 Å². The zero-order chi connectivity index (χ0) is 9.84. The molecule has 0 spiro atoms. The Kier molecular flexibility index (Phi) is 3.85. The van der Waals surface area contributed by atoms with Gasteiger partial charge in [0.15, 0.2) is 0 Å². The van der Waals surface area contributed by atoms with E-state index in [1.165, 1.54) is 12.1 Å². The maximum absolute atomic E-state index is 13.5. The second kappa shape index (κ2) is 4.70. The molecule has 0 aliphatic heterocycles. The van der Waals surface area contributed by atoms with Crippen molar-refractivity contribution in [3.63, 3.8) is 0 Å². The summed E-state index contributed by atoms with van der Waals surface area (Å²) in [6.07, 6.45) is 1.21. The predicted octanol–water partition coefficient (Wildman–Crippen LogP) is 3.81. The van der Waals surface area contributed by atoms with Gasteiger partial charge >= 0.3 is 0 Å². The SMILES string of the molecule is CCCc1c(F)ccc(CBr)c1F. The molecule has 0 saturated carbocycles. The molecular formula is C10H11BrF2. The van der Waals surface area contributed by atoms with Gasteiger partial charge in [-0.15, -0.1) is 0 Å². The molecule has 0 radical (unpaired) electrons. The van der Waals surface area contributed by atoms with Crippen molar-refractivity contribution < 1.29 is 8.78 Å². The van der Waals surface area contributed by atoms with Crippen LogP contribution in [0.2, 0.25) is 0 Å². The molecule has 1 aromatic rings. The Morgan fingerprint density at radius 2 is 2.00 bits per heavy atom. The number of benzene rings is 1. The second-order valence-corrected chi connectivity index (χ2v) is 3.44. The van der Waals surface area contributed by atoms with Gasteiger partial charge in [0, 0.05) is 10.9 Å². The van der Waals surface area contributed by atoms with E-state index >= 15 is 0 Å². The van der Waals surface area contributed by atoms with Crippen LogP contribution in [0.5, 0.6) is 0 Å². The van der Waals surface area contributed by atoms with Gasteiger partial charge in [0.05, 0.1) is 0 Å². The highest BCUT2D eigenvalue weighted by Crippen LogP contribution is 2.20. The minimum absolute atomic E-state index is 0.208. The van der Waals surface area contributed by atoms with Crippen molar-refractivity contribution in [1.82, 2.24) is 0 Å². The summed E-state index contributed by atoms with van der Waals surface area (Å²) >= 11 is 3.16. The molecule has 0 amide bonds. The Bertz CT molecular complexity index is 297. The first-order chi connectivity index (χ1) is 6.20. The molecule has 0 unspecified atom stereocenters. The molecule has 0 nitrogen and oxygen atoms in total. The lowest BCUT2D eigenvalue weighted by atomic mass is 10.1. The maximum Gasteiger partial charge on any atom is 0.133 e. The van der Waals surface area contributed by atoms with Gasteiger partial charge in [0.1, 0.15) is 11.6 Å². The van der Waals surface area contributed by atoms with Crippen LogP contribution in [0.3, 0.4) is 0 Å². The largest absolute Gasteiger partial charge is 0.207 e. The van der Waals surface area contributed by atoms with Crippen molar-refractivity contribution in [2.24, 2.45) is 0 Å². The Morgan fingerprint density at radius 3 is 2.54 bits per heavy atom. The summed E-state index contributed by atoms with van der Waals surface area (Å²) in [6.45, 7) is 1.90. The van der Waals surface area contributed by atoms with Gasteiger partial charge in [-0.05, 0) is 18.1 Å². The van der Waals surface area contributed by atoms with Gasteiger partial charge in [0.25, 0.3) is 0 Å². The first-order valence-corrected chi connectivity index (χ1v) is 5.34. The lowest BCUT2D eigenvalue weighted by Gasteiger charge is -2.06. The molecule has 13 heavy (non-hydrogen) atoms. The van der Waals surface area contributed by atoms with E-state index in [1.54, 1.807) is 0 Å². The van der Waals surface area contributed by atoms with Crippen LogP contribution in [0.25, 0.3) is 0 Å². The third-order valence-corrected chi connectivity index (χ3v) is 2.51. The van der Waals surface area contributed by atoms with Crippen molar-refractivity contribution in [3.8, 4) is 0 Å². The number of rotatable bonds is 3. The highest BCUT2D eigenvalue weighted by molar-refractivity contribution is 9.08. The molecule has 0 aliphatic carbocycles. The quantitative estimate of drug-likeness (QED) is 0.714. The van der Waals surface area contributed by atoms with Crippen LogP contribution in [-0.2, 0) is 11.8 Å². The lowest BCUT2D eigenvalue weighted by molar-refractivity contribution is 0.547. The Hall–Kier alpha value is -0.440. The summed E-state index contributed by atoms with van der Waals surface area (Å²) in [4.78, 5) is 0. The highest BCUT2D eigenvalue weighted by atomic mass is 79.9. The molecular weight excluding hydrogens is 238 g/mol. The van der Waals surface area contributed by atoms with Crippen LogP contribution in [-0.4, -0.2) is 0 Å². The average Bonchev–Trinajstić information content (AvgIpc) is 2.12. The molecule has 0 N–H and O–H groups in total. The van der Waals surface area contributed by atoms with Crippen LogP contribution < -0.4 is 0 Å². The molecule has 0 bridgehead atoms. The zero-order valence-corrected chi connectivity index (χ0v) is 9.00. The fraction of sp³-hybridized carbons (Fsp3) is 0.400.